The maximum absolute atomic E-state index is 12.4. The Hall–Kier alpha value is -2.77. The van der Waals surface area contributed by atoms with E-state index in [-0.39, 0.29) is 11.7 Å². The lowest BCUT2D eigenvalue weighted by Gasteiger charge is -2.08. The van der Waals surface area contributed by atoms with Gasteiger partial charge in [0.2, 0.25) is 0 Å². The maximum Gasteiger partial charge on any atom is 0.260 e. The fourth-order valence-electron chi connectivity index (χ4n) is 2.12. The Labute approximate surface area is 121 Å². The Morgan fingerprint density at radius 3 is 2.62 bits per heavy atom. The summed E-state index contributed by atoms with van der Waals surface area (Å²) >= 11 is 0. The zero-order valence-electron chi connectivity index (χ0n) is 12.3. The SMILES string of the molecule is Cc1oc(C)c(C(=O)Nc2c(C(N)=NO)cnn2C)c1C. The number of oxime groups is 1. The number of anilines is 1. The number of carbonyl (C=O) groups is 1. The highest BCUT2D eigenvalue weighted by Crippen LogP contribution is 2.23. The van der Waals surface area contributed by atoms with E-state index in [9.17, 15) is 4.79 Å². The van der Waals surface area contributed by atoms with E-state index in [0.29, 0.717) is 28.5 Å². The lowest BCUT2D eigenvalue weighted by atomic mass is 10.1. The molecule has 0 radical (unpaired) electrons. The molecule has 8 heteroatoms. The Morgan fingerprint density at radius 1 is 1.43 bits per heavy atom. The highest BCUT2D eigenvalue weighted by molar-refractivity contribution is 6.10. The van der Waals surface area contributed by atoms with E-state index >= 15 is 0 Å². The molecule has 2 rings (SSSR count). The van der Waals surface area contributed by atoms with E-state index in [4.69, 9.17) is 15.4 Å². The molecule has 21 heavy (non-hydrogen) atoms. The molecule has 0 aromatic carbocycles. The molecule has 0 bridgehead atoms. The summed E-state index contributed by atoms with van der Waals surface area (Å²) < 4.78 is 6.88. The second-order valence-corrected chi connectivity index (χ2v) is 4.68. The standard InChI is InChI=1S/C13H17N5O3/c1-6-7(2)21-8(3)10(6)13(19)16-12-9(11(14)17-20)5-15-18(12)4/h5,20H,1-4H3,(H2,14,17)(H,16,19). The van der Waals surface area contributed by atoms with Crippen LogP contribution in [0.1, 0.15) is 33.0 Å². The van der Waals surface area contributed by atoms with Crippen molar-refractivity contribution in [3.05, 3.63) is 34.4 Å². The average molecular weight is 291 g/mol. The van der Waals surface area contributed by atoms with Crippen molar-refractivity contribution in [3.8, 4) is 0 Å². The van der Waals surface area contributed by atoms with Crippen molar-refractivity contribution in [3.63, 3.8) is 0 Å². The van der Waals surface area contributed by atoms with Crippen molar-refractivity contribution >= 4 is 17.6 Å². The topological polar surface area (TPSA) is 119 Å². The maximum atomic E-state index is 12.4. The van der Waals surface area contributed by atoms with Gasteiger partial charge >= 0.3 is 0 Å². The molecule has 0 atom stereocenters. The van der Waals surface area contributed by atoms with Gasteiger partial charge in [0.05, 0.1) is 17.3 Å². The Bertz CT molecular complexity index is 726. The van der Waals surface area contributed by atoms with Gasteiger partial charge in [-0.25, -0.2) is 0 Å². The average Bonchev–Trinajstić information content (AvgIpc) is 2.90. The van der Waals surface area contributed by atoms with E-state index in [1.165, 1.54) is 10.9 Å². The third kappa shape index (κ3) is 2.47. The van der Waals surface area contributed by atoms with Crippen LogP contribution in [0.15, 0.2) is 15.8 Å². The van der Waals surface area contributed by atoms with E-state index in [2.05, 4.69) is 15.6 Å². The molecular formula is C13H17N5O3. The summed E-state index contributed by atoms with van der Waals surface area (Å²) in [5, 5.41) is 18.4. The molecule has 0 spiro atoms. The summed E-state index contributed by atoms with van der Waals surface area (Å²) in [4.78, 5) is 12.4. The summed E-state index contributed by atoms with van der Waals surface area (Å²) in [5.41, 5.74) is 7.15. The van der Waals surface area contributed by atoms with Crippen LogP contribution < -0.4 is 11.1 Å². The van der Waals surface area contributed by atoms with Gasteiger partial charge in [-0.15, -0.1) is 0 Å². The Morgan fingerprint density at radius 2 is 2.10 bits per heavy atom. The van der Waals surface area contributed by atoms with Crippen molar-refractivity contribution in [1.82, 2.24) is 9.78 Å². The molecule has 0 saturated heterocycles. The largest absolute Gasteiger partial charge is 0.466 e. The molecule has 0 saturated carbocycles. The molecule has 0 aliphatic carbocycles. The highest BCUT2D eigenvalue weighted by atomic mass is 16.4. The summed E-state index contributed by atoms with van der Waals surface area (Å²) in [6.45, 7) is 5.34. The zero-order valence-corrected chi connectivity index (χ0v) is 12.3. The van der Waals surface area contributed by atoms with Crippen LogP contribution in [0.2, 0.25) is 0 Å². The van der Waals surface area contributed by atoms with E-state index in [1.807, 2.05) is 6.92 Å². The Balaban J connectivity index is 2.39. The van der Waals surface area contributed by atoms with Gasteiger partial charge in [0.15, 0.2) is 5.84 Å². The second-order valence-electron chi connectivity index (χ2n) is 4.68. The fraction of sp³-hybridized carbons (Fsp3) is 0.308. The minimum Gasteiger partial charge on any atom is -0.466 e. The van der Waals surface area contributed by atoms with Crippen LogP contribution in [-0.2, 0) is 7.05 Å². The van der Waals surface area contributed by atoms with Crippen LogP contribution in [0.25, 0.3) is 0 Å². The van der Waals surface area contributed by atoms with Gasteiger partial charge in [-0.1, -0.05) is 5.16 Å². The van der Waals surface area contributed by atoms with Gasteiger partial charge < -0.3 is 20.7 Å². The fourth-order valence-corrected chi connectivity index (χ4v) is 2.12. The normalized spacial score (nSPS) is 11.7. The van der Waals surface area contributed by atoms with E-state index < -0.39 is 0 Å². The number of amides is 1. The second kappa shape index (κ2) is 5.31. The Kier molecular flexibility index (Phi) is 3.70. The third-order valence-corrected chi connectivity index (χ3v) is 3.34. The first kappa shape index (κ1) is 14.6. The first-order valence-corrected chi connectivity index (χ1v) is 6.24. The van der Waals surface area contributed by atoms with Crippen LogP contribution in [0.4, 0.5) is 5.82 Å². The van der Waals surface area contributed by atoms with Crippen LogP contribution in [-0.4, -0.2) is 26.7 Å². The number of nitrogens with one attached hydrogen (secondary N) is 1. The monoisotopic (exact) mass is 291 g/mol. The number of hydrogen-bond acceptors (Lipinski definition) is 5. The molecule has 2 heterocycles. The number of hydrogen-bond donors (Lipinski definition) is 3. The zero-order chi connectivity index (χ0) is 15.7. The first-order chi connectivity index (χ1) is 9.86. The molecule has 0 unspecified atom stereocenters. The lowest BCUT2D eigenvalue weighted by molar-refractivity contribution is 0.102. The first-order valence-electron chi connectivity index (χ1n) is 6.24. The summed E-state index contributed by atoms with van der Waals surface area (Å²) in [6, 6.07) is 0. The summed E-state index contributed by atoms with van der Waals surface area (Å²) in [7, 11) is 1.64. The smallest absolute Gasteiger partial charge is 0.260 e. The predicted octanol–water partition coefficient (Wildman–Crippen LogP) is 1.29. The van der Waals surface area contributed by atoms with Gasteiger partial charge in [0.25, 0.3) is 5.91 Å². The summed E-state index contributed by atoms with van der Waals surface area (Å²) in [5.74, 6) is 1.11. The van der Waals surface area contributed by atoms with Crippen LogP contribution in [0, 0.1) is 20.8 Å². The minimum atomic E-state index is -0.336. The van der Waals surface area contributed by atoms with Gasteiger partial charge in [-0.3, -0.25) is 9.48 Å². The van der Waals surface area contributed by atoms with Crippen LogP contribution >= 0.6 is 0 Å². The van der Waals surface area contributed by atoms with Crippen LogP contribution in [0.5, 0.6) is 0 Å². The van der Waals surface area contributed by atoms with Gasteiger partial charge in [0, 0.05) is 12.6 Å². The number of amidine groups is 1. The summed E-state index contributed by atoms with van der Waals surface area (Å²) in [6.07, 6.45) is 1.41. The van der Waals surface area contributed by atoms with Crippen molar-refractivity contribution in [1.29, 1.82) is 0 Å². The molecule has 112 valence electrons. The predicted molar refractivity (Wildman–Crippen MR) is 76.6 cm³/mol. The number of aromatic nitrogens is 2. The number of rotatable bonds is 3. The third-order valence-electron chi connectivity index (χ3n) is 3.34. The van der Waals surface area contributed by atoms with Gasteiger partial charge in [-0.2, -0.15) is 5.10 Å². The molecule has 8 nitrogen and oxygen atoms in total. The van der Waals surface area contributed by atoms with Crippen molar-refractivity contribution in [2.75, 3.05) is 5.32 Å². The van der Waals surface area contributed by atoms with Gasteiger partial charge in [0.1, 0.15) is 17.3 Å². The molecular weight excluding hydrogens is 274 g/mol. The van der Waals surface area contributed by atoms with E-state index in [1.54, 1.807) is 20.9 Å². The molecule has 1 amide bonds. The molecule has 0 fully saturated rings. The van der Waals surface area contributed by atoms with E-state index in [0.717, 1.165) is 5.56 Å². The van der Waals surface area contributed by atoms with Gasteiger partial charge in [-0.05, 0) is 20.8 Å². The number of furan rings is 1. The molecule has 2 aromatic heterocycles. The van der Waals surface area contributed by atoms with Crippen molar-refractivity contribution in [2.45, 2.75) is 20.8 Å². The number of nitrogens with two attached hydrogens (primary N) is 1. The van der Waals surface area contributed by atoms with Crippen LogP contribution in [0.3, 0.4) is 0 Å². The minimum absolute atomic E-state index is 0.129. The van der Waals surface area contributed by atoms with Crippen molar-refractivity contribution in [2.24, 2.45) is 17.9 Å². The molecule has 4 N–H and O–H groups in total. The number of nitrogens with zero attached hydrogens (tertiary/aromatic N) is 3. The molecule has 0 aliphatic rings. The molecule has 2 aromatic rings. The lowest BCUT2D eigenvalue weighted by Crippen LogP contribution is -2.20. The van der Waals surface area contributed by atoms with Crippen molar-refractivity contribution < 1.29 is 14.4 Å². The quantitative estimate of drug-likeness (QED) is 0.341. The number of carbonyl (C=O) groups excluding carboxylic acids is 1. The highest BCUT2D eigenvalue weighted by Gasteiger charge is 2.21. The molecule has 0 aliphatic heterocycles. The number of aryl methyl sites for hydroxylation is 3.